The lowest BCUT2D eigenvalue weighted by atomic mass is 9.80. The van der Waals surface area contributed by atoms with Gasteiger partial charge in [0.2, 0.25) is 0 Å². The van der Waals surface area contributed by atoms with E-state index in [9.17, 15) is 9.59 Å². The third-order valence-corrected chi connectivity index (χ3v) is 4.77. The zero-order chi connectivity index (χ0) is 15.5. The van der Waals surface area contributed by atoms with Gasteiger partial charge in [-0.15, -0.1) is 0 Å². The number of hydrogen-bond acceptors (Lipinski definition) is 2. The number of carbonyl (C=O) groups excluding carboxylic acids is 1. The quantitative estimate of drug-likeness (QED) is 0.900. The summed E-state index contributed by atoms with van der Waals surface area (Å²) >= 11 is 0. The van der Waals surface area contributed by atoms with Gasteiger partial charge in [-0.25, -0.2) is 4.79 Å². The summed E-state index contributed by atoms with van der Waals surface area (Å²) < 4.78 is 0. The van der Waals surface area contributed by atoms with Gasteiger partial charge in [0.15, 0.2) is 0 Å². The Morgan fingerprint density at radius 2 is 2.00 bits per heavy atom. The van der Waals surface area contributed by atoms with Crippen LogP contribution in [0.2, 0.25) is 0 Å². The number of anilines is 1. The monoisotopic (exact) mass is 302 g/mol. The second-order valence-electron chi connectivity index (χ2n) is 6.31. The molecular weight excluding hydrogens is 280 g/mol. The number of aliphatic carboxylic acids is 1. The molecule has 2 amide bonds. The topological polar surface area (TPSA) is 69.6 Å². The molecule has 1 aromatic rings. The Kier molecular flexibility index (Phi) is 4.32. The van der Waals surface area contributed by atoms with Crippen molar-refractivity contribution in [3.63, 3.8) is 0 Å². The first-order valence-corrected chi connectivity index (χ1v) is 8.02. The highest BCUT2D eigenvalue weighted by atomic mass is 16.4. The Labute approximate surface area is 130 Å². The average molecular weight is 302 g/mol. The fraction of sp³-hybridized carbons (Fsp3) is 0.529. The molecule has 5 heteroatoms. The number of urea groups is 1. The molecule has 1 saturated carbocycles. The van der Waals surface area contributed by atoms with Gasteiger partial charge in [0.1, 0.15) is 0 Å². The van der Waals surface area contributed by atoms with Gasteiger partial charge in [-0.1, -0.05) is 18.6 Å². The Morgan fingerprint density at radius 1 is 1.18 bits per heavy atom. The molecule has 2 fully saturated rings. The maximum atomic E-state index is 12.3. The van der Waals surface area contributed by atoms with E-state index in [1.165, 1.54) is 24.8 Å². The normalized spacial score (nSPS) is 22.0. The van der Waals surface area contributed by atoms with Crippen molar-refractivity contribution in [3.8, 4) is 0 Å². The molecule has 0 bridgehead atoms. The van der Waals surface area contributed by atoms with Crippen molar-refractivity contribution in [3.05, 3.63) is 29.8 Å². The molecule has 1 atom stereocenters. The summed E-state index contributed by atoms with van der Waals surface area (Å²) in [5, 5.41) is 12.0. The number of nitrogens with one attached hydrogen (secondary N) is 1. The number of amides is 2. The van der Waals surface area contributed by atoms with Crippen LogP contribution in [-0.2, 0) is 4.79 Å². The molecule has 0 aromatic heterocycles. The third kappa shape index (κ3) is 3.24. The minimum absolute atomic E-state index is 0.197. The molecule has 22 heavy (non-hydrogen) atoms. The van der Waals surface area contributed by atoms with Crippen LogP contribution < -0.4 is 5.32 Å². The molecule has 5 nitrogen and oxygen atoms in total. The van der Waals surface area contributed by atoms with E-state index in [4.69, 9.17) is 5.11 Å². The second-order valence-corrected chi connectivity index (χ2v) is 6.31. The highest BCUT2D eigenvalue weighted by Gasteiger charge is 2.28. The van der Waals surface area contributed by atoms with Gasteiger partial charge in [0, 0.05) is 18.8 Å². The summed E-state index contributed by atoms with van der Waals surface area (Å²) in [5.41, 5.74) is 2.08. The van der Waals surface area contributed by atoms with E-state index in [1.807, 2.05) is 18.2 Å². The van der Waals surface area contributed by atoms with Crippen LogP contribution in [0.5, 0.6) is 0 Å². The largest absolute Gasteiger partial charge is 0.481 e. The molecule has 2 aliphatic rings. The van der Waals surface area contributed by atoms with Crippen LogP contribution in [0.4, 0.5) is 10.5 Å². The number of rotatable bonds is 3. The zero-order valence-electron chi connectivity index (χ0n) is 12.6. The molecule has 1 saturated heterocycles. The van der Waals surface area contributed by atoms with Gasteiger partial charge in [0.25, 0.3) is 0 Å². The van der Waals surface area contributed by atoms with Crippen LogP contribution in [0.25, 0.3) is 0 Å². The molecule has 1 heterocycles. The van der Waals surface area contributed by atoms with Gasteiger partial charge in [-0.05, 0) is 49.3 Å². The molecule has 3 rings (SSSR count). The number of piperidine rings is 1. The summed E-state index contributed by atoms with van der Waals surface area (Å²) in [6, 6.07) is 7.82. The van der Waals surface area contributed by atoms with E-state index in [2.05, 4.69) is 11.4 Å². The predicted molar refractivity (Wildman–Crippen MR) is 84.0 cm³/mol. The molecular formula is C17H22N2O3. The molecule has 118 valence electrons. The predicted octanol–water partition coefficient (Wildman–Crippen LogP) is 3.28. The molecule has 1 aliphatic heterocycles. The maximum Gasteiger partial charge on any atom is 0.321 e. The van der Waals surface area contributed by atoms with Crippen LogP contribution in [0.3, 0.4) is 0 Å². The van der Waals surface area contributed by atoms with Crippen LogP contribution in [0.15, 0.2) is 24.3 Å². The van der Waals surface area contributed by atoms with Gasteiger partial charge in [0.05, 0.1) is 5.92 Å². The SMILES string of the molecule is O=C(O)C1CCCN(C(=O)Nc2cccc(C3CCC3)c2)C1. The first kappa shape index (κ1) is 14.9. The summed E-state index contributed by atoms with van der Waals surface area (Å²) in [4.78, 5) is 25.0. The molecule has 1 aromatic carbocycles. The van der Waals surface area contributed by atoms with Crippen molar-refractivity contribution in [1.29, 1.82) is 0 Å². The standard InChI is InChI=1S/C17H22N2O3/c20-16(21)14-7-3-9-19(11-14)17(22)18-15-8-2-6-13(10-15)12-4-1-5-12/h2,6,8,10,12,14H,1,3-5,7,9,11H2,(H,18,22)(H,20,21). The number of hydrogen-bond donors (Lipinski definition) is 2. The molecule has 2 N–H and O–H groups in total. The van der Waals surface area contributed by atoms with Gasteiger partial charge in [-0.2, -0.15) is 0 Å². The minimum atomic E-state index is -0.815. The molecule has 1 unspecified atom stereocenters. The van der Waals surface area contributed by atoms with Crippen LogP contribution in [0.1, 0.15) is 43.6 Å². The van der Waals surface area contributed by atoms with E-state index >= 15 is 0 Å². The van der Waals surface area contributed by atoms with Crippen molar-refractivity contribution in [1.82, 2.24) is 4.90 Å². The number of nitrogens with zero attached hydrogens (tertiary/aromatic N) is 1. The third-order valence-electron chi connectivity index (χ3n) is 4.77. The Hall–Kier alpha value is -2.04. The fourth-order valence-electron chi connectivity index (χ4n) is 3.18. The minimum Gasteiger partial charge on any atom is -0.481 e. The summed E-state index contributed by atoms with van der Waals surface area (Å²) in [7, 11) is 0. The maximum absolute atomic E-state index is 12.3. The highest BCUT2D eigenvalue weighted by Crippen LogP contribution is 2.37. The Morgan fingerprint density at radius 3 is 2.68 bits per heavy atom. The van der Waals surface area contributed by atoms with Crippen molar-refractivity contribution in [2.45, 2.75) is 38.0 Å². The molecule has 0 spiro atoms. The van der Waals surface area contributed by atoms with Crippen LogP contribution >= 0.6 is 0 Å². The number of carboxylic acids is 1. The number of carboxylic acid groups (broad SMARTS) is 1. The highest BCUT2D eigenvalue weighted by molar-refractivity contribution is 5.89. The lowest BCUT2D eigenvalue weighted by molar-refractivity contribution is -0.143. The van der Waals surface area contributed by atoms with Crippen LogP contribution in [0, 0.1) is 5.92 Å². The van der Waals surface area contributed by atoms with Crippen molar-refractivity contribution in [2.75, 3.05) is 18.4 Å². The smallest absolute Gasteiger partial charge is 0.321 e. The van der Waals surface area contributed by atoms with E-state index in [0.717, 1.165) is 12.1 Å². The molecule has 0 radical (unpaired) electrons. The Balaban J connectivity index is 1.62. The van der Waals surface area contributed by atoms with Crippen molar-refractivity contribution >= 4 is 17.7 Å². The van der Waals surface area contributed by atoms with Gasteiger partial charge >= 0.3 is 12.0 Å². The lowest BCUT2D eigenvalue weighted by Crippen LogP contribution is -2.44. The second kappa shape index (κ2) is 6.38. The van der Waals surface area contributed by atoms with Crippen molar-refractivity contribution < 1.29 is 14.7 Å². The number of likely N-dealkylation sites (tertiary alicyclic amines) is 1. The Bertz CT molecular complexity index is 569. The average Bonchev–Trinajstić information content (AvgIpc) is 2.46. The first-order valence-electron chi connectivity index (χ1n) is 8.02. The summed E-state index contributed by atoms with van der Waals surface area (Å²) in [6.07, 6.45) is 5.13. The van der Waals surface area contributed by atoms with E-state index < -0.39 is 11.9 Å². The fourth-order valence-corrected chi connectivity index (χ4v) is 3.18. The zero-order valence-corrected chi connectivity index (χ0v) is 12.6. The van der Waals surface area contributed by atoms with Gasteiger partial charge < -0.3 is 15.3 Å². The van der Waals surface area contributed by atoms with E-state index in [0.29, 0.717) is 25.4 Å². The van der Waals surface area contributed by atoms with Crippen molar-refractivity contribution in [2.24, 2.45) is 5.92 Å². The van der Waals surface area contributed by atoms with E-state index in [1.54, 1.807) is 4.90 Å². The summed E-state index contributed by atoms with van der Waals surface area (Å²) in [6.45, 7) is 0.918. The van der Waals surface area contributed by atoms with E-state index in [-0.39, 0.29) is 6.03 Å². The number of carbonyl (C=O) groups is 2. The van der Waals surface area contributed by atoms with Crippen LogP contribution in [-0.4, -0.2) is 35.1 Å². The van der Waals surface area contributed by atoms with Gasteiger partial charge in [-0.3, -0.25) is 4.79 Å². The summed E-state index contributed by atoms with van der Waals surface area (Å²) in [5.74, 6) is -0.631. The number of benzene rings is 1. The molecule has 1 aliphatic carbocycles. The first-order chi connectivity index (χ1) is 10.6. The lowest BCUT2D eigenvalue weighted by Gasteiger charge is -2.31.